The summed E-state index contributed by atoms with van der Waals surface area (Å²) in [7, 11) is 0. The molecule has 0 N–H and O–H groups in total. The Morgan fingerprint density at radius 3 is 1.00 bits per heavy atom. The van der Waals surface area contributed by atoms with Gasteiger partial charge in [0.25, 0.3) is 0 Å². The first-order valence-corrected chi connectivity index (χ1v) is 1.63. The summed E-state index contributed by atoms with van der Waals surface area (Å²) >= 11 is 0. The first kappa shape index (κ1) is 15.8. The zero-order valence-electron chi connectivity index (χ0n) is 4.34. The van der Waals surface area contributed by atoms with E-state index in [4.69, 9.17) is 0 Å². The largest absolute Gasteiger partial charge is 2.00 e. The van der Waals surface area contributed by atoms with Crippen LogP contribution >= 0.6 is 0 Å². The van der Waals surface area contributed by atoms with Crippen molar-refractivity contribution in [1.82, 2.24) is 0 Å². The van der Waals surface area contributed by atoms with Crippen LogP contribution in [0.4, 0.5) is 0 Å². The van der Waals surface area contributed by atoms with Crippen molar-refractivity contribution in [2.75, 3.05) is 0 Å². The minimum atomic E-state index is 0. The van der Waals surface area contributed by atoms with Crippen LogP contribution < -0.4 is 0 Å². The summed E-state index contributed by atoms with van der Waals surface area (Å²) in [5.41, 5.74) is 0. The van der Waals surface area contributed by atoms with Crippen LogP contribution in [0.25, 0.3) is 0 Å². The van der Waals surface area contributed by atoms with Gasteiger partial charge in [-0.05, 0) is 0 Å². The van der Waals surface area contributed by atoms with E-state index in [0.29, 0.717) is 0 Å². The van der Waals surface area contributed by atoms with Crippen molar-refractivity contribution in [3.05, 3.63) is 39.2 Å². The van der Waals surface area contributed by atoms with E-state index in [1.54, 1.807) is 0 Å². The topological polar surface area (TPSA) is 0 Å². The second-order valence-electron chi connectivity index (χ2n) is 0.577. The Balaban J connectivity index is -0.0000000400. The average Bonchev–Trinajstić information content (AvgIpc) is 1.39. The van der Waals surface area contributed by atoms with Gasteiger partial charge >= 0.3 is 19.5 Å². The van der Waals surface area contributed by atoms with E-state index in [-0.39, 0.29) is 19.5 Å². The van der Waals surface area contributed by atoms with Gasteiger partial charge in [-0.15, -0.1) is 0 Å². The van der Waals surface area contributed by atoms with E-state index >= 15 is 0 Å². The zero-order valence-corrected chi connectivity index (χ0v) is 6.07. The molecular weight excluding hydrogens is 173 g/mol. The zero-order chi connectivity index (χ0) is 5.41. The molecule has 0 aliphatic carbocycles. The summed E-state index contributed by atoms with van der Waals surface area (Å²) in [6.07, 6.45) is 3.00. The number of rotatable bonds is 0. The van der Waals surface area contributed by atoms with Gasteiger partial charge in [-0.1, -0.05) is 0 Å². The fraction of sp³-hybridized carbons (Fsp3) is 0. The van der Waals surface area contributed by atoms with Crippen LogP contribution in [0.3, 0.4) is 0 Å². The predicted octanol–water partition coefficient (Wildman–Crippen LogP) is 2.01. The maximum absolute atomic E-state index is 3.25. The molecule has 0 spiro atoms. The van der Waals surface area contributed by atoms with Crippen molar-refractivity contribution in [3.8, 4) is 0 Å². The van der Waals surface area contributed by atoms with Gasteiger partial charge in [0.05, 0.1) is 0 Å². The van der Waals surface area contributed by atoms with Crippen LogP contribution in [0, 0.1) is 13.8 Å². The molecule has 7 heavy (non-hydrogen) atoms. The van der Waals surface area contributed by atoms with Gasteiger partial charge in [0.1, 0.15) is 0 Å². The van der Waals surface area contributed by atoms with Gasteiger partial charge in [0, 0.05) is 0 Å². The van der Waals surface area contributed by atoms with E-state index in [2.05, 4.69) is 27.0 Å². The molecule has 0 bridgehead atoms. The van der Waals surface area contributed by atoms with Crippen LogP contribution in [-0.4, -0.2) is 0 Å². The predicted molar refractivity (Wildman–Crippen MR) is 31.1 cm³/mol. The third-order valence-corrected chi connectivity index (χ3v) is 0. The smallest absolute Gasteiger partial charge is 0.245 e. The molecule has 42 valence electrons. The van der Waals surface area contributed by atoms with Gasteiger partial charge < -0.3 is 0 Å². The Bertz CT molecular complexity index is 25.2. The van der Waals surface area contributed by atoms with Crippen LogP contribution in [0.2, 0.25) is 0 Å². The summed E-state index contributed by atoms with van der Waals surface area (Å²) in [4.78, 5) is 0. The van der Waals surface area contributed by atoms with Crippen molar-refractivity contribution in [3.63, 3.8) is 0 Å². The number of hydrogen-bond donors (Lipinski definition) is 0. The van der Waals surface area contributed by atoms with E-state index in [1.807, 2.05) is 0 Å². The summed E-state index contributed by atoms with van der Waals surface area (Å²) < 4.78 is 0. The fourth-order valence-corrected chi connectivity index (χ4v) is 0. The Morgan fingerprint density at radius 1 is 1.00 bits per heavy atom. The summed E-state index contributed by atoms with van der Waals surface area (Å²) in [6.45, 7) is 13.0. The molecule has 0 radical (unpaired) electrons. The first-order valence-electron chi connectivity index (χ1n) is 1.63. The van der Waals surface area contributed by atoms with Crippen LogP contribution in [0.5, 0.6) is 0 Å². The number of allylic oxidation sites excluding steroid dienone is 2. The normalized spacial score (nSPS) is 3.43. The molecule has 0 saturated carbocycles. The summed E-state index contributed by atoms with van der Waals surface area (Å²) in [6, 6.07) is 0. The Kier molecular flexibility index (Phi) is 91.2. The standard InChI is InChI=1S/2C3H5.Ru/c2*1-3-2;/h2*3H,1-2H2;/q2*-1;+2. The third kappa shape index (κ3) is 3520. The molecule has 0 atom stereocenters. The van der Waals surface area contributed by atoms with Crippen molar-refractivity contribution in [1.29, 1.82) is 0 Å². The molecule has 1 heteroatoms. The van der Waals surface area contributed by atoms with E-state index in [1.165, 1.54) is 12.2 Å². The van der Waals surface area contributed by atoms with Crippen LogP contribution in [0.15, 0.2) is 25.3 Å². The van der Waals surface area contributed by atoms with Crippen molar-refractivity contribution >= 4 is 0 Å². The molecule has 0 rings (SSSR count). The molecule has 0 aromatic carbocycles. The molecule has 0 aliphatic rings. The van der Waals surface area contributed by atoms with Gasteiger partial charge in [0.2, 0.25) is 0 Å². The molecule has 0 nitrogen and oxygen atoms in total. The van der Waals surface area contributed by atoms with Crippen molar-refractivity contribution in [2.24, 2.45) is 0 Å². The maximum atomic E-state index is 3.25. The first-order chi connectivity index (χ1) is 2.83. The molecule has 0 aromatic rings. The fourth-order valence-electron chi connectivity index (χ4n) is 0. The molecule has 0 saturated heterocycles. The van der Waals surface area contributed by atoms with Gasteiger partial charge in [-0.2, -0.15) is 0 Å². The van der Waals surface area contributed by atoms with E-state index < -0.39 is 0 Å². The monoisotopic (exact) mass is 184 g/mol. The Labute approximate surface area is 59.1 Å². The Morgan fingerprint density at radius 2 is 1.00 bits per heavy atom. The number of hydrogen-bond acceptors (Lipinski definition) is 0. The molecule has 0 fully saturated rings. The van der Waals surface area contributed by atoms with Crippen molar-refractivity contribution in [2.45, 2.75) is 0 Å². The Hall–Kier alpha value is -0.157. The van der Waals surface area contributed by atoms with E-state index in [0.717, 1.165) is 0 Å². The van der Waals surface area contributed by atoms with Crippen molar-refractivity contribution < 1.29 is 19.5 Å². The minimum absolute atomic E-state index is 0. The second kappa shape index (κ2) is 40.3. The quantitative estimate of drug-likeness (QED) is 0.398. The van der Waals surface area contributed by atoms with Gasteiger partial charge in [-0.25, -0.2) is 39.2 Å². The third-order valence-electron chi connectivity index (χ3n) is 0. The molecule has 0 heterocycles. The average molecular weight is 183 g/mol. The SMILES string of the molecule is C=C[CH2-].C=C[CH2-].[Ru+2]. The molecule has 0 amide bonds. The molecular formula is C6H10Ru. The maximum Gasteiger partial charge on any atom is 2.00 e. The summed E-state index contributed by atoms with van der Waals surface area (Å²) in [5.74, 6) is 0. The van der Waals surface area contributed by atoms with Crippen LogP contribution in [0.1, 0.15) is 0 Å². The summed E-state index contributed by atoms with van der Waals surface area (Å²) in [5, 5.41) is 0. The van der Waals surface area contributed by atoms with Gasteiger partial charge in [0.15, 0.2) is 0 Å². The minimum Gasteiger partial charge on any atom is -0.245 e. The second-order valence-corrected chi connectivity index (χ2v) is 0.577. The van der Waals surface area contributed by atoms with Gasteiger partial charge in [-0.3, -0.25) is 0 Å². The van der Waals surface area contributed by atoms with Crippen LogP contribution in [-0.2, 0) is 19.5 Å². The molecule has 0 unspecified atom stereocenters. The molecule has 0 aliphatic heterocycles. The molecule has 0 aromatic heterocycles. The van der Waals surface area contributed by atoms with E-state index in [9.17, 15) is 0 Å².